The van der Waals surface area contributed by atoms with Gasteiger partial charge in [0.15, 0.2) is 5.69 Å². The third-order valence-corrected chi connectivity index (χ3v) is 4.33. The van der Waals surface area contributed by atoms with Crippen LogP contribution in [-0.2, 0) is 9.53 Å². The standard InChI is InChI=1S/C21H19ClN4O4/c1-13-10-18(27)20(25-26(13)17-8-6-14(22)7-9-17)21(29)24-16-5-3-4-15(11-16)23-19(28)12-30-2/h3-11H,12H2,1-2H3,(H,23,28)(H,24,29). The summed E-state index contributed by atoms with van der Waals surface area (Å²) >= 11 is 5.92. The van der Waals surface area contributed by atoms with Gasteiger partial charge in [-0.15, -0.1) is 0 Å². The van der Waals surface area contributed by atoms with Crippen LogP contribution in [0.2, 0.25) is 5.02 Å². The lowest BCUT2D eigenvalue weighted by molar-refractivity contribution is -0.119. The molecule has 30 heavy (non-hydrogen) atoms. The van der Waals surface area contributed by atoms with E-state index in [-0.39, 0.29) is 18.2 Å². The number of aromatic nitrogens is 2. The van der Waals surface area contributed by atoms with Gasteiger partial charge in [-0.2, -0.15) is 5.10 Å². The normalized spacial score (nSPS) is 10.5. The summed E-state index contributed by atoms with van der Waals surface area (Å²) in [5.74, 6) is -0.991. The SMILES string of the molecule is COCC(=O)Nc1cccc(NC(=O)c2nn(-c3ccc(Cl)cc3)c(C)cc2=O)c1. The first-order valence-corrected chi connectivity index (χ1v) is 9.32. The number of nitrogens with one attached hydrogen (secondary N) is 2. The molecular formula is C21H19ClN4O4. The van der Waals surface area contributed by atoms with Gasteiger partial charge < -0.3 is 15.4 Å². The number of aryl methyl sites for hydroxylation is 1. The van der Waals surface area contributed by atoms with E-state index in [1.165, 1.54) is 17.9 Å². The molecule has 2 N–H and O–H groups in total. The van der Waals surface area contributed by atoms with E-state index in [1.807, 2.05) is 0 Å². The Morgan fingerprint density at radius 1 is 1.07 bits per heavy atom. The molecule has 0 atom stereocenters. The Morgan fingerprint density at radius 2 is 1.73 bits per heavy atom. The van der Waals surface area contributed by atoms with Crippen LogP contribution in [0.5, 0.6) is 0 Å². The Labute approximate surface area is 177 Å². The van der Waals surface area contributed by atoms with Gasteiger partial charge in [0.1, 0.15) is 6.61 Å². The van der Waals surface area contributed by atoms with Crippen molar-refractivity contribution >= 4 is 34.8 Å². The summed E-state index contributed by atoms with van der Waals surface area (Å²) in [6.45, 7) is 1.63. The van der Waals surface area contributed by atoms with Gasteiger partial charge in [-0.1, -0.05) is 17.7 Å². The van der Waals surface area contributed by atoms with E-state index < -0.39 is 11.3 Å². The molecule has 2 aromatic carbocycles. The summed E-state index contributed by atoms with van der Waals surface area (Å²) in [6.07, 6.45) is 0. The first kappa shape index (κ1) is 21.2. The Hall–Kier alpha value is -3.49. The van der Waals surface area contributed by atoms with Crippen LogP contribution in [0.1, 0.15) is 16.2 Å². The zero-order valence-corrected chi connectivity index (χ0v) is 17.1. The number of carbonyl (C=O) groups is 2. The number of ether oxygens (including phenoxy) is 1. The third-order valence-electron chi connectivity index (χ3n) is 4.07. The molecule has 0 saturated heterocycles. The van der Waals surface area contributed by atoms with Crippen LogP contribution in [0.15, 0.2) is 59.4 Å². The second kappa shape index (κ2) is 9.34. The summed E-state index contributed by atoms with van der Waals surface area (Å²) in [7, 11) is 1.42. The molecule has 0 aliphatic rings. The molecule has 0 aliphatic heterocycles. The van der Waals surface area contributed by atoms with Crippen LogP contribution in [0.3, 0.4) is 0 Å². The van der Waals surface area contributed by atoms with Crippen molar-refractivity contribution in [3.8, 4) is 5.69 Å². The van der Waals surface area contributed by atoms with Gasteiger partial charge in [0, 0.05) is 35.3 Å². The fraction of sp³-hybridized carbons (Fsp3) is 0.143. The molecule has 0 aliphatic carbocycles. The van der Waals surface area contributed by atoms with Crippen molar-refractivity contribution in [1.29, 1.82) is 0 Å². The highest BCUT2D eigenvalue weighted by molar-refractivity contribution is 6.30. The average Bonchev–Trinajstić information content (AvgIpc) is 2.69. The molecule has 0 unspecified atom stereocenters. The Morgan fingerprint density at radius 3 is 2.40 bits per heavy atom. The third kappa shape index (κ3) is 5.11. The number of amides is 2. The Kier molecular flexibility index (Phi) is 6.61. The molecule has 3 aromatic rings. The predicted molar refractivity (Wildman–Crippen MR) is 114 cm³/mol. The van der Waals surface area contributed by atoms with E-state index in [2.05, 4.69) is 15.7 Å². The molecular weight excluding hydrogens is 408 g/mol. The van der Waals surface area contributed by atoms with Gasteiger partial charge in [0.25, 0.3) is 5.91 Å². The molecule has 154 valence electrons. The predicted octanol–water partition coefficient (Wildman–Crippen LogP) is 3.03. The minimum absolute atomic E-state index is 0.0892. The van der Waals surface area contributed by atoms with Crippen LogP contribution in [0, 0.1) is 6.92 Å². The number of hydrogen-bond acceptors (Lipinski definition) is 5. The van der Waals surface area contributed by atoms with E-state index in [1.54, 1.807) is 55.5 Å². The molecule has 1 aromatic heterocycles. The quantitative estimate of drug-likeness (QED) is 0.630. The first-order valence-electron chi connectivity index (χ1n) is 8.94. The topological polar surface area (TPSA) is 102 Å². The second-order valence-electron chi connectivity index (χ2n) is 6.40. The highest BCUT2D eigenvalue weighted by atomic mass is 35.5. The van der Waals surface area contributed by atoms with Gasteiger partial charge in [-0.25, -0.2) is 4.68 Å². The van der Waals surface area contributed by atoms with Crippen LogP contribution >= 0.6 is 11.6 Å². The molecule has 0 fully saturated rings. The van der Waals surface area contributed by atoms with Crippen molar-refractivity contribution in [2.24, 2.45) is 0 Å². The first-order chi connectivity index (χ1) is 14.4. The van der Waals surface area contributed by atoms with Crippen LogP contribution in [0.4, 0.5) is 11.4 Å². The lowest BCUT2D eigenvalue weighted by Crippen LogP contribution is -2.27. The fourth-order valence-electron chi connectivity index (χ4n) is 2.74. The van der Waals surface area contributed by atoms with Crippen LogP contribution in [-0.4, -0.2) is 35.3 Å². The van der Waals surface area contributed by atoms with Gasteiger partial charge in [-0.05, 0) is 49.4 Å². The largest absolute Gasteiger partial charge is 0.375 e. The number of halogens is 1. The Balaban J connectivity index is 1.85. The number of carbonyl (C=O) groups excluding carboxylic acids is 2. The molecule has 1 heterocycles. The van der Waals surface area contributed by atoms with Gasteiger partial charge in [-0.3, -0.25) is 14.4 Å². The van der Waals surface area contributed by atoms with E-state index in [0.29, 0.717) is 27.8 Å². The maximum Gasteiger partial charge on any atom is 0.280 e. The van der Waals surface area contributed by atoms with Crippen molar-refractivity contribution < 1.29 is 14.3 Å². The number of benzene rings is 2. The van der Waals surface area contributed by atoms with Gasteiger partial charge in [0.2, 0.25) is 11.3 Å². The maximum absolute atomic E-state index is 12.7. The highest BCUT2D eigenvalue weighted by Gasteiger charge is 2.16. The minimum atomic E-state index is -0.664. The summed E-state index contributed by atoms with van der Waals surface area (Å²) in [4.78, 5) is 36.7. The van der Waals surface area contributed by atoms with Crippen molar-refractivity contribution in [3.05, 3.63) is 81.2 Å². The lowest BCUT2D eigenvalue weighted by atomic mass is 10.2. The van der Waals surface area contributed by atoms with Crippen LogP contribution in [0.25, 0.3) is 5.69 Å². The van der Waals surface area contributed by atoms with E-state index in [9.17, 15) is 14.4 Å². The molecule has 0 bridgehead atoms. The molecule has 0 saturated carbocycles. The molecule has 0 radical (unpaired) electrons. The fourth-order valence-corrected chi connectivity index (χ4v) is 2.87. The maximum atomic E-state index is 12.7. The van der Waals surface area contributed by atoms with Crippen molar-refractivity contribution in [2.45, 2.75) is 6.92 Å². The summed E-state index contributed by atoms with van der Waals surface area (Å²) in [5, 5.41) is 10.1. The second-order valence-corrected chi connectivity index (χ2v) is 6.84. The molecule has 2 amide bonds. The van der Waals surface area contributed by atoms with Crippen LogP contribution < -0.4 is 16.1 Å². The van der Waals surface area contributed by atoms with Crippen molar-refractivity contribution in [1.82, 2.24) is 9.78 Å². The van der Waals surface area contributed by atoms with Crippen molar-refractivity contribution in [2.75, 3.05) is 24.4 Å². The highest BCUT2D eigenvalue weighted by Crippen LogP contribution is 2.17. The number of methoxy groups -OCH3 is 1. The minimum Gasteiger partial charge on any atom is -0.375 e. The number of anilines is 2. The van der Waals surface area contributed by atoms with Gasteiger partial charge in [0.05, 0.1) is 5.69 Å². The number of nitrogens with zero attached hydrogens (tertiary/aromatic N) is 2. The average molecular weight is 427 g/mol. The molecule has 3 rings (SSSR count). The zero-order chi connectivity index (χ0) is 21.7. The lowest BCUT2D eigenvalue weighted by Gasteiger charge is -2.12. The monoisotopic (exact) mass is 426 g/mol. The summed E-state index contributed by atoms with van der Waals surface area (Å²) < 4.78 is 6.27. The number of hydrogen-bond donors (Lipinski definition) is 2. The van der Waals surface area contributed by atoms with E-state index in [4.69, 9.17) is 16.3 Å². The van der Waals surface area contributed by atoms with Crippen molar-refractivity contribution in [3.63, 3.8) is 0 Å². The molecule has 9 heteroatoms. The Bertz CT molecular complexity index is 1140. The zero-order valence-electron chi connectivity index (χ0n) is 16.3. The summed E-state index contributed by atoms with van der Waals surface area (Å²) in [5.41, 5.74) is 1.35. The molecule has 8 nitrogen and oxygen atoms in total. The summed E-state index contributed by atoms with van der Waals surface area (Å²) in [6, 6.07) is 14.7. The van der Waals surface area contributed by atoms with E-state index in [0.717, 1.165) is 0 Å². The van der Waals surface area contributed by atoms with E-state index >= 15 is 0 Å². The smallest absolute Gasteiger partial charge is 0.280 e. The number of rotatable bonds is 6. The van der Waals surface area contributed by atoms with Gasteiger partial charge >= 0.3 is 0 Å². The molecule has 0 spiro atoms.